The molecule has 0 saturated carbocycles. The van der Waals surface area contributed by atoms with Crippen molar-refractivity contribution in [3.05, 3.63) is 51.7 Å². The predicted molar refractivity (Wildman–Crippen MR) is 101 cm³/mol. The fraction of sp³-hybridized carbons (Fsp3) is 0.450. The highest BCUT2D eigenvalue weighted by molar-refractivity contribution is 7.09. The standard InChI is InChI=1S/C20H27NO2S/c1-15-8-9-16(2)18(13-15)23-11-6-10-20(3,4)19(22)21-14-17-7-5-12-24-17/h5,7-9,12-13H,6,10-11,14H2,1-4H3,(H,21,22). The molecule has 0 spiro atoms. The van der Waals surface area contributed by atoms with E-state index in [0.717, 1.165) is 24.2 Å². The van der Waals surface area contributed by atoms with E-state index in [1.165, 1.54) is 10.4 Å². The van der Waals surface area contributed by atoms with E-state index in [0.29, 0.717) is 13.2 Å². The molecule has 0 fully saturated rings. The van der Waals surface area contributed by atoms with Gasteiger partial charge in [0.15, 0.2) is 0 Å². The lowest BCUT2D eigenvalue weighted by atomic mass is 9.87. The van der Waals surface area contributed by atoms with Crippen molar-refractivity contribution in [2.45, 2.75) is 47.1 Å². The molecule has 0 saturated heterocycles. The molecule has 0 aliphatic heterocycles. The molecule has 1 aromatic heterocycles. The van der Waals surface area contributed by atoms with Crippen molar-refractivity contribution in [2.75, 3.05) is 6.61 Å². The van der Waals surface area contributed by atoms with Crippen LogP contribution >= 0.6 is 11.3 Å². The third kappa shape index (κ3) is 5.38. The van der Waals surface area contributed by atoms with Crippen molar-refractivity contribution in [1.82, 2.24) is 5.32 Å². The van der Waals surface area contributed by atoms with Crippen LogP contribution in [0.3, 0.4) is 0 Å². The highest BCUT2D eigenvalue weighted by Crippen LogP contribution is 2.24. The van der Waals surface area contributed by atoms with Crippen LogP contribution in [0, 0.1) is 19.3 Å². The molecule has 4 heteroatoms. The average molecular weight is 346 g/mol. The second-order valence-electron chi connectivity index (χ2n) is 6.87. The maximum atomic E-state index is 12.4. The summed E-state index contributed by atoms with van der Waals surface area (Å²) in [5.41, 5.74) is 1.96. The van der Waals surface area contributed by atoms with Gasteiger partial charge in [-0.3, -0.25) is 4.79 Å². The number of nitrogens with one attached hydrogen (secondary N) is 1. The topological polar surface area (TPSA) is 38.3 Å². The van der Waals surface area contributed by atoms with Crippen LogP contribution in [0.5, 0.6) is 5.75 Å². The zero-order valence-electron chi connectivity index (χ0n) is 15.0. The van der Waals surface area contributed by atoms with Gasteiger partial charge in [-0.25, -0.2) is 0 Å². The predicted octanol–water partition coefficient (Wildman–Crippen LogP) is 4.87. The van der Waals surface area contributed by atoms with Crippen LogP contribution in [-0.2, 0) is 11.3 Å². The number of rotatable bonds is 8. The summed E-state index contributed by atoms with van der Waals surface area (Å²) in [7, 11) is 0. The van der Waals surface area contributed by atoms with Crippen LogP contribution in [0.2, 0.25) is 0 Å². The molecule has 2 rings (SSSR count). The molecule has 0 aliphatic carbocycles. The van der Waals surface area contributed by atoms with Crippen LogP contribution in [-0.4, -0.2) is 12.5 Å². The molecular formula is C20H27NO2S. The van der Waals surface area contributed by atoms with Gasteiger partial charge in [-0.15, -0.1) is 11.3 Å². The lowest BCUT2D eigenvalue weighted by Gasteiger charge is -2.23. The third-order valence-electron chi connectivity index (χ3n) is 4.17. The molecule has 1 aromatic carbocycles. The van der Waals surface area contributed by atoms with E-state index < -0.39 is 0 Å². The number of carbonyl (C=O) groups excluding carboxylic acids is 1. The van der Waals surface area contributed by atoms with Crippen LogP contribution in [0.25, 0.3) is 0 Å². The Morgan fingerprint density at radius 1 is 1.25 bits per heavy atom. The Labute approximate surface area is 149 Å². The van der Waals surface area contributed by atoms with Crippen molar-refractivity contribution in [2.24, 2.45) is 5.41 Å². The Kier molecular flexibility index (Phi) is 6.44. The second kappa shape index (κ2) is 8.34. The molecule has 1 amide bonds. The first-order chi connectivity index (χ1) is 11.4. The molecule has 130 valence electrons. The Bertz CT molecular complexity index is 662. The monoisotopic (exact) mass is 345 g/mol. The van der Waals surface area contributed by atoms with Gasteiger partial charge in [0.05, 0.1) is 13.2 Å². The maximum Gasteiger partial charge on any atom is 0.225 e. The van der Waals surface area contributed by atoms with Crippen LogP contribution < -0.4 is 10.1 Å². The number of benzene rings is 1. The number of carbonyl (C=O) groups is 1. The number of aryl methyl sites for hydroxylation is 2. The second-order valence-corrected chi connectivity index (χ2v) is 7.90. The Balaban J connectivity index is 1.75. The first-order valence-corrected chi connectivity index (χ1v) is 9.27. The first kappa shape index (κ1) is 18.5. The summed E-state index contributed by atoms with van der Waals surface area (Å²) >= 11 is 1.66. The molecular weight excluding hydrogens is 318 g/mol. The lowest BCUT2D eigenvalue weighted by molar-refractivity contribution is -0.129. The van der Waals surface area contributed by atoms with Crippen LogP contribution in [0.4, 0.5) is 0 Å². The van der Waals surface area contributed by atoms with Crippen molar-refractivity contribution in [3.8, 4) is 5.75 Å². The summed E-state index contributed by atoms with van der Waals surface area (Å²) in [5.74, 6) is 1.04. The summed E-state index contributed by atoms with van der Waals surface area (Å²) in [4.78, 5) is 13.6. The number of amides is 1. The molecule has 24 heavy (non-hydrogen) atoms. The fourth-order valence-corrected chi connectivity index (χ4v) is 3.14. The summed E-state index contributed by atoms with van der Waals surface area (Å²) in [6.07, 6.45) is 1.65. The van der Waals surface area contributed by atoms with Crippen molar-refractivity contribution < 1.29 is 9.53 Å². The third-order valence-corrected chi connectivity index (χ3v) is 5.04. The normalized spacial score (nSPS) is 11.3. The summed E-state index contributed by atoms with van der Waals surface area (Å²) in [6.45, 7) is 9.35. The highest BCUT2D eigenvalue weighted by Gasteiger charge is 2.26. The van der Waals surface area contributed by atoms with Crippen molar-refractivity contribution in [1.29, 1.82) is 0 Å². The first-order valence-electron chi connectivity index (χ1n) is 8.39. The minimum absolute atomic E-state index is 0.0997. The number of thiophene rings is 1. The number of ether oxygens (including phenoxy) is 1. The molecule has 3 nitrogen and oxygen atoms in total. The average Bonchev–Trinajstić information content (AvgIpc) is 3.05. The van der Waals surface area contributed by atoms with Gasteiger partial charge in [-0.05, 0) is 55.3 Å². The molecule has 0 bridgehead atoms. The van der Waals surface area contributed by atoms with E-state index in [1.807, 2.05) is 31.4 Å². The van der Waals surface area contributed by atoms with Gasteiger partial charge in [0, 0.05) is 10.3 Å². The van der Waals surface area contributed by atoms with E-state index in [1.54, 1.807) is 11.3 Å². The SMILES string of the molecule is Cc1ccc(C)c(OCCCC(C)(C)C(=O)NCc2cccs2)c1. The number of hydrogen-bond acceptors (Lipinski definition) is 3. The van der Waals surface area contributed by atoms with Gasteiger partial charge >= 0.3 is 0 Å². The molecule has 1 N–H and O–H groups in total. The van der Waals surface area contributed by atoms with Crippen molar-refractivity contribution in [3.63, 3.8) is 0 Å². The number of hydrogen-bond donors (Lipinski definition) is 1. The maximum absolute atomic E-state index is 12.4. The van der Waals surface area contributed by atoms with Crippen molar-refractivity contribution >= 4 is 17.2 Å². The van der Waals surface area contributed by atoms with E-state index in [9.17, 15) is 4.79 Å². The summed E-state index contributed by atoms with van der Waals surface area (Å²) in [6, 6.07) is 10.3. The van der Waals surface area contributed by atoms with Crippen LogP contribution in [0.1, 0.15) is 42.7 Å². The quantitative estimate of drug-likeness (QED) is 0.693. The minimum Gasteiger partial charge on any atom is -0.493 e. The molecule has 0 aliphatic rings. The largest absolute Gasteiger partial charge is 0.493 e. The Morgan fingerprint density at radius 2 is 2.04 bits per heavy atom. The highest BCUT2D eigenvalue weighted by atomic mass is 32.1. The Morgan fingerprint density at radius 3 is 2.75 bits per heavy atom. The zero-order valence-corrected chi connectivity index (χ0v) is 15.8. The van der Waals surface area contributed by atoms with Gasteiger partial charge in [0.1, 0.15) is 5.75 Å². The van der Waals surface area contributed by atoms with Crippen LogP contribution in [0.15, 0.2) is 35.7 Å². The molecule has 1 heterocycles. The van der Waals surface area contributed by atoms with Gasteiger partial charge < -0.3 is 10.1 Å². The van der Waals surface area contributed by atoms with Gasteiger partial charge in [0.2, 0.25) is 5.91 Å². The minimum atomic E-state index is -0.387. The van der Waals surface area contributed by atoms with E-state index in [-0.39, 0.29) is 11.3 Å². The smallest absolute Gasteiger partial charge is 0.225 e. The lowest BCUT2D eigenvalue weighted by Crippen LogP contribution is -2.36. The van der Waals surface area contributed by atoms with Gasteiger partial charge in [-0.2, -0.15) is 0 Å². The Hall–Kier alpha value is -1.81. The molecule has 0 atom stereocenters. The van der Waals surface area contributed by atoms with Gasteiger partial charge in [0.25, 0.3) is 0 Å². The van der Waals surface area contributed by atoms with E-state index >= 15 is 0 Å². The summed E-state index contributed by atoms with van der Waals surface area (Å²) in [5, 5.41) is 5.06. The zero-order chi connectivity index (χ0) is 17.6. The molecule has 2 aromatic rings. The fourth-order valence-electron chi connectivity index (χ4n) is 2.49. The van der Waals surface area contributed by atoms with Gasteiger partial charge in [-0.1, -0.05) is 32.0 Å². The molecule has 0 unspecified atom stereocenters. The summed E-state index contributed by atoms with van der Waals surface area (Å²) < 4.78 is 5.88. The van der Waals surface area contributed by atoms with E-state index in [4.69, 9.17) is 4.74 Å². The molecule has 0 radical (unpaired) electrons. The van der Waals surface area contributed by atoms with E-state index in [2.05, 4.69) is 37.4 Å².